The van der Waals surface area contributed by atoms with Gasteiger partial charge in [-0.05, 0) is 55.5 Å². The quantitative estimate of drug-likeness (QED) is 0.282. The second-order valence-electron chi connectivity index (χ2n) is 7.74. The van der Waals surface area contributed by atoms with Crippen LogP contribution in [0.5, 0.6) is 0 Å². The fourth-order valence-electron chi connectivity index (χ4n) is 3.39. The standard InChI is InChI=1S/C27H23ClN2O3S2/c1-20-15-17-22(18-16-20)35(32,33)30(25-13-7-5-11-23(25)28)19-27(31)29-24-12-6-8-14-26(24)34-21-9-3-2-4-10-21/h2-18H,19H2,1H3,(H,29,31). The van der Waals surface area contributed by atoms with Gasteiger partial charge < -0.3 is 5.32 Å². The van der Waals surface area contributed by atoms with E-state index in [-0.39, 0.29) is 15.6 Å². The van der Waals surface area contributed by atoms with Crippen LogP contribution in [0.4, 0.5) is 11.4 Å². The van der Waals surface area contributed by atoms with Gasteiger partial charge in [-0.3, -0.25) is 9.10 Å². The van der Waals surface area contributed by atoms with Crippen molar-refractivity contribution in [3.05, 3.63) is 114 Å². The van der Waals surface area contributed by atoms with E-state index in [1.165, 1.54) is 23.9 Å². The van der Waals surface area contributed by atoms with Crippen LogP contribution in [-0.4, -0.2) is 20.9 Å². The molecule has 0 saturated carbocycles. The second kappa shape index (κ2) is 11.0. The highest BCUT2D eigenvalue weighted by atomic mass is 35.5. The van der Waals surface area contributed by atoms with Gasteiger partial charge in [0, 0.05) is 9.79 Å². The minimum atomic E-state index is -4.06. The first-order valence-corrected chi connectivity index (χ1v) is 13.4. The summed E-state index contributed by atoms with van der Waals surface area (Å²) in [5.41, 5.74) is 1.76. The van der Waals surface area contributed by atoms with Crippen LogP contribution in [0.15, 0.2) is 118 Å². The van der Waals surface area contributed by atoms with Crippen LogP contribution in [0.25, 0.3) is 0 Å². The first-order chi connectivity index (χ1) is 16.8. The van der Waals surface area contributed by atoms with Crippen LogP contribution in [-0.2, 0) is 14.8 Å². The van der Waals surface area contributed by atoms with Crippen molar-refractivity contribution in [1.82, 2.24) is 0 Å². The van der Waals surface area contributed by atoms with Crippen molar-refractivity contribution in [2.75, 3.05) is 16.2 Å². The Hall–Kier alpha value is -3.26. The van der Waals surface area contributed by atoms with Gasteiger partial charge in [-0.1, -0.05) is 83.5 Å². The molecule has 4 rings (SSSR count). The number of para-hydroxylation sites is 2. The average Bonchev–Trinajstić information content (AvgIpc) is 2.85. The van der Waals surface area contributed by atoms with Crippen molar-refractivity contribution >= 4 is 50.7 Å². The van der Waals surface area contributed by atoms with E-state index in [4.69, 9.17) is 11.6 Å². The zero-order chi connectivity index (χ0) is 24.8. The number of hydrogen-bond donors (Lipinski definition) is 1. The zero-order valence-electron chi connectivity index (χ0n) is 18.9. The molecule has 5 nitrogen and oxygen atoms in total. The number of amides is 1. The number of carbonyl (C=O) groups excluding carboxylic acids is 1. The summed E-state index contributed by atoms with van der Waals surface area (Å²) in [6.45, 7) is 1.44. The van der Waals surface area contributed by atoms with Gasteiger partial charge in [0.1, 0.15) is 6.54 Å². The lowest BCUT2D eigenvalue weighted by Crippen LogP contribution is -2.38. The van der Waals surface area contributed by atoms with Gasteiger partial charge in [0.15, 0.2) is 0 Å². The lowest BCUT2D eigenvalue weighted by Gasteiger charge is -2.25. The number of aryl methyl sites for hydroxylation is 1. The summed E-state index contributed by atoms with van der Waals surface area (Å²) < 4.78 is 28.2. The molecule has 0 bridgehead atoms. The topological polar surface area (TPSA) is 66.5 Å². The first kappa shape index (κ1) is 24.9. The van der Waals surface area contributed by atoms with E-state index >= 15 is 0 Å². The highest BCUT2D eigenvalue weighted by Gasteiger charge is 2.28. The maximum Gasteiger partial charge on any atom is 0.264 e. The normalized spacial score (nSPS) is 11.1. The predicted molar refractivity (Wildman–Crippen MR) is 143 cm³/mol. The highest BCUT2D eigenvalue weighted by Crippen LogP contribution is 2.34. The van der Waals surface area contributed by atoms with Crippen LogP contribution in [0, 0.1) is 6.92 Å². The SMILES string of the molecule is Cc1ccc(S(=O)(=O)N(CC(=O)Nc2ccccc2Sc2ccccc2)c2ccccc2Cl)cc1. The number of hydrogen-bond acceptors (Lipinski definition) is 4. The fourth-order valence-corrected chi connectivity index (χ4v) is 6.04. The van der Waals surface area contributed by atoms with E-state index in [9.17, 15) is 13.2 Å². The molecule has 4 aromatic rings. The van der Waals surface area contributed by atoms with Crippen molar-refractivity contribution in [2.24, 2.45) is 0 Å². The maximum absolute atomic E-state index is 13.6. The Morgan fingerprint density at radius 1 is 0.857 bits per heavy atom. The summed E-state index contributed by atoms with van der Waals surface area (Å²) in [5, 5.41) is 3.11. The number of sulfonamides is 1. The molecule has 0 atom stereocenters. The number of nitrogens with one attached hydrogen (secondary N) is 1. The fraction of sp³-hybridized carbons (Fsp3) is 0.0741. The summed E-state index contributed by atoms with van der Waals surface area (Å²) in [6.07, 6.45) is 0. The number of carbonyl (C=O) groups is 1. The molecule has 0 radical (unpaired) electrons. The Morgan fingerprint density at radius 3 is 2.20 bits per heavy atom. The molecule has 0 unspecified atom stereocenters. The molecule has 1 N–H and O–H groups in total. The third-order valence-electron chi connectivity index (χ3n) is 5.15. The summed E-state index contributed by atoms with van der Waals surface area (Å²) in [5.74, 6) is -0.485. The monoisotopic (exact) mass is 522 g/mol. The smallest absolute Gasteiger partial charge is 0.264 e. The number of anilines is 2. The molecule has 0 aromatic heterocycles. The van der Waals surface area contributed by atoms with E-state index < -0.39 is 22.5 Å². The van der Waals surface area contributed by atoms with Gasteiger partial charge in [-0.2, -0.15) is 0 Å². The van der Waals surface area contributed by atoms with Gasteiger partial charge in [0.05, 0.1) is 21.3 Å². The van der Waals surface area contributed by atoms with Gasteiger partial charge in [-0.25, -0.2) is 8.42 Å². The zero-order valence-corrected chi connectivity index (χ0v) is 21.3. The number of halogens is 1. The van der Waals surface area contributed by atoms with Crippen LogP contribution in [0.2, 0.25) is 5.02 Å². The van der Waals surface area contributed by atoms with Gasteiger partial charge in [-0.15, -0.1) is 0 Å². The van der Waals surface area contributed by atoms with E-state index in [0.717, 1.165) is 19.7 Å². The van der Waals surface area contributed by atoms with Crippen molar-refractivity contribution in [3.8, 4) is 0 Å². The molecular weight excluding hydrogens is 500 g/mol. The summed E-state index contributed by atoms with van der Waals surface area (Å²) in [4.78, 5) is 15.1. The average molecular weight is 523 g/mol. The molecule has 178 valence electrons. The Kier molecular flexibility index (Phi) is 7.80. The van der Waals surface area contributed by atoms with Crippen molar-refractivity contribution < 1.29 is 13.2 Å². The lowest BCUT2D eigenvalue weighted by atomic mass is 10.2. The number of benzene rings is 4. The third kappa shape index (κ3) is 6.06. The molecule has 35 heavy (non-hydrogen) atoms. The molecule has 0 aliphatic heterocycles. The van der Waals surface area contributed by atoms with E-state index in [1.54, 1.807) is 42.5 Å². The van der Waals surface area contributed by atoms with Crippen molar-refractivity contribution in [3.63, 3.8) is 0 Å². The second-order valence-corrected chi connectivity index (χ2v) is 11.1. The van der Waals surface area contributed by atoms with Crippen molar-refractivity contribution in [2.45, 2.75) is 21.6 Å². The molecule has 0 aliphatic rings. The first-order valence-electron chi connectivity index (χ1n) is 10.8. The molecule has 0 heterocycles. The van der Waals surface area contributed by atoms with E-state index in [0.29, 0.717) is 5.69 Å². The molecular formula is C27H23ClN2O3S2. The van der Waals surface area contributed by atoms with E-state index in [1.807, 2.05) is 55.5 Å². The summed E-state index contributed by atoms with van der Waals surface area (Å²) >= 11 is 7.87. The van der Waals surface area contributed by atoms with Crippen molar-refractivity contribution in [1.29, 1.82) is 0 Å². The number of rotatable bonds is 8. The predicted octanol–water partition coefficient (Wildman–Crippen LogP) is 6.63. The molecule has 0 fully saturated rings. The van der Waals surface area contributed by atoms with Gasteiger partial charge in [0.25, 0.3) is 10.0 Å². The molecule has 8 heteroatoms. The maximum atomic E-state index is 13.6. The van der Waals surface area contributed by atoms with Crippen LogP contribution in [0.3, 0.4) is 0 Å². The van der Waals surface area contributed by atoms with Crippen LogP contribution >= 0.6 is 23.4 Å². The van der Waals surface area contributed by atoms with Gasteiger partial charge >= 0.3 is 0 Å². The minimum Gasteiger partial charge on any atom is -0.323 e. The molecule has 4 aromatic carbocycles. The molecule has 1 amide bonds. The number of nitrogens with zero attached hydrogens (tertiary/aromatic N) is 1. The summed E-state index contributed by atoms with van der Waals surface area (Å²) in [7, 11) is -4.06. The largest absolute Gasteiger partial charge is 0.323 e. The Balaban J connectivity index is 1.63. The van der Waals surface area contributed by atoms with E-state index in [2.05, 4.69) is 5.32 Å². The molecule has 0 spiro atoms. The Labute approximate surface area is 214 Å². The molecule has 0 saturated heterocycles. The lowest BCUT2D eigenvalue weighted by molar-refractivity contribution is -0.114. The highest BCUT2D eigenvalue weighted by molar-refractivity contribution is 7.99. The van der Waals surface area contributed by atoms with Crippen LogP contribution in [0.1, 0.15) is 5.56 Å². The Bertz CT molecular complexity index is 1430. The van der Waals surface area contributed by atoms with Crippen LogP contribution < -0.4 is 9.62 Å². The Morgan fingerprint density at radius 2 is 1.49 bits per heavy atom. The summed E-state index contributed by atoms with van der Waals surface area (Å²) in [6, 6.07) is 30.3. The minimum absolute atomic E-state index is 0.0795. The van der Waals surface area contributed by atoms with Gasteiger partial charge in [0.2, 0.25) is 5.91 Å². The molecule has 0 aliphatic carbocycles. The third-order valence-corrected chi connectivity index (χ3v) is 8.33.